The van der Waals surface area contributed by atoms with Gasteiger partial charge in [-0.3, -0.25) is 0 Å². The second-order valence-corrected chi connectivity index (χ2v) is 7.75. The summed E-state index contributed by atoms with van der Waals surface area (Å²) < 4.78 is 55.8. The molecule has 4 heteroatoms. The maximum atomic E-state index is 14.4. The Bertz CT molecular complexity index is 994. The molecule has 0 spiro atoms. The molecule has 0 aliphatic heterocycles. The topological polar surface area (TPSA) is 0 Å². The van der Waals surface area contributed by atoms with E-state index in [4.69, 9.17) is 0 Å². The Morgan fingerprint density at radius 3 is 1.86 bits per heavy atom. The Morgan fingerprint density at radius 2 is 1.25 bits per heavy atom. The van der Waals surface area contributed by atoms with Gasteiger partial charge in [-0.1, -0.05) is 25.1 Å². The van der Waals surface area contributed by atoms with Crippen LogP contribution in [0.15, 0.2) is 42.5 Å². The van der Waals surface area contributed by atoms with Crippen LogP contribution < -0.4 is 0 Å². The van der Waals surface area contributed by atoms with Crippen LogP contribution in [0.3, 0.4) is 0 Å². The van der Waals surface area contributed by atoms with Crippen molar-refractivity contribution in [1.29, 1.82) is 0 Å². The van der Waals surface area contributed by atoms with E-state index in [2.05, 4.69) is 0 Å². The van der Waals surface area contributed by atoms with Crippen molar-refractivity contribution in [3.8, 4) is 0 Å². The molecule has 3 aromatic rings. The number of halogens is 4. The SMILES string of the molecule is CCc1cc(F)c(C2CCC(c3ccc4cc(F)c(F)cc4c3)CC2)c(F)c1. The van der Waals surface area contributed by atoms with Crippen LogP contribution in [0, 0.1) is 23.3 Å². The van der Waals surface area contributed by atoms with Crippen molar-refractivity contribution in [2.45, 2.75) is 50.9 Å². The highest BCUT2D eigenvalue weighted by molar-refractivity contribution is 5.83. The summed E-state index contributed by atoms with van der Waals surface area (Å²) >= 11 is 0. The molecule has 0 atom stereocenters. The van der Waals surface area contributed by atoms with Gasteiger partial charge in [0, 0.05) is 5.56 Å². The normalized spacial score (nSPS) is 19.9. The summed E-state index contributed by atoms with van der Waals surface area (Å²) in [4.78, 5) is 0. The van der Waals surface area contributed by atoms with E-state index >= 15 is 0 Å². The Balaban J connectivity index is 1.53. The first-order valence-electron chi connectivity index (χ1n) is 9.82. The standard InChI is InChI=1S/C24H22F4/c1-2-14-9-22(27)24(23(28)10-14)16-5-3-15(4-6-16)17-7-8-18-12-20(25)21(26)13-19(18)11-17/h7-13,15-16H,2-6H2,1H3. The van der Waals surface area contributed by atoms with Gasteiger partial charge in [-0.05, 0) is 90.1 Å². The second-order valence-electron chi connectivity index (χ2n) is 7.75. The minimum absolute atomic E-state index is 0.117. The van der Waals surface area contributed by atoms with E-state index in [1.807, 2.05) is 25.1 Å². The maximum Gasteiger partial charge on any atom is 0.159 e. The smallest absolute Gasteiger partial charge is 0.159 e. The largest absolute Gasteiger partial charge is 0.207 e. The van der Waals surface area contributed by atoms with Gasteiger partial charge in [-0.15, -0.1) is 0 Å². The molecule has 1 saturated carbocycles. The number of hydrogen-bond donors (Lipinski definition) is 0. The van der Waals surface area contributed by atoms with Crippen LogP contribution in [0.2, 0.25) is 0 Å². The summed E-state index contributed by atoms with van der Waals surface area (Å²) in [7, 11) is 0. The van der Waals surface area contributed by atoms with E-state index in [1.54, 1.807) is 0 Å². The summed E-state index contributed by atoms with van der Waals surface area (Å²) in [6.45, 7) is 1.88. The second kappa shape index (κ2) is 7.57. The molecule has 4 rings (SSSR count). The molecule has 0 aromatic heterocycles. The van der Waals surface area contributed by atoms with E-state index in [-0.39, 0.29) is 17.4 Å². The zero-order valence-corrected chi connectivity index (χ0v) is 15.7. The van der Waals surface area contributed by atoms with E-state index in [9.17, 15) is 17.6 Å². The van der Waals surface area contributed by atoms with Crippen LogP contribution in [0.1, 0.15) is 61.1 Å². The number of fused-ring (bicyclic) bond motifs is 1. The lowest BCUT2D eigenvalue weighted by Crippen LogP contribution is -2.15. The van der Waals surface area contributed by atoms with Crippen molar-refractivity contribution in [3.63, 3.8) is 0 Å². The van der Waals surface area contributed by atoms with Gasteiger partial charge >= 0.3 is 0 Å². The Labute approximate surface area is 162 Å². The lowest BCUT2D eigenvalue weighted by atomic mass is 9.75. The fourth-order valence-electron chi connectivity index (χ4n) is 4.46. The minimum Gasteiger partial charge on any atom is -0.207 e. The van der Waals surface area contributed by atoms with Gasteiger partial charge in [-0.25, -0.2) is 17.6 Å². The fourth-order valence-corrected chi connectivity index (χ4v) is 4.46. The van der Waals surface area contributed by atoms with Crippen molar-refractivity contribution in [2.75, 3.05) is 0 Å². The van der Waals surface area contributed by atoms with Crippen LogP contribution in [0.5, 0.6) is 0 Å². The minimum atomic E-state index is -0.852. The molecule has 3 aromatic carbocycles. The molecular formula is C24H22F4. The highest BCUT2D eigenvalue weighted by Gasteiger charge is 2.28. The molecule has 0 unspecified atom stereocenters. The zero-order chi connectivity index (χ0) is 19.8. The predicted molar refractivity (Wildman–Crippen MR) is 104 cm³/mol. The highest BCUT2D eigenvalue weighted by atomic mass is 19.2. The third-order valence-corrected chi connectivity index (χ3v) is 6.06. The summed E-state index contributed by atoms with van der Waals surface area (Å²) in [5.41, 5.74) is 1.96. The third kappa shape index (κ3) is 3.52. The lowest BCUT2D eigenvalue weighted by molar-refractivity contribution is 0.376. The summed E-state index contributed by atoms with van der Waals surface area (Å²) in [5, 5.41) is 1.34. The average Bonchev–Trinajstić information content (AvgIpc) is 2.68. The molecule has 0 N–H and O–H groups in total. The Kier molecular flexibility index (Phi) is 5.13. The van der Waals surface area contributed by atoms with Crippen LogP contribution in [0.4, 0.5) is 17.6 Å². The number of rotatable bonds is 3. The average molecular weight is 386 g/mol. The third-order valence-electron chi connectivity index (χ3n) is 6.06. The molecule has 1 aliphatic carbocycles. The zero-order valence-electron chi connectivity index (χ0n) is 15.7. The monoisotopic (exact) mass is 386 g/mol. The first-order chi connectivity index (χ1) is 13.5. The number of hydrogen-bond acceptors (Lipinski definition) is 0. The van der Waals surface area contributed by atoms with Crippen LogP contribution >= 0.6 is 0 Å². The van der Waals surface area contributed by atoms with Gasteiger partial charge in [0.2, 0.25) is 0 Å². The fraction of sp³-hybridized carbons (Fsp3) is 0.333. The molecule has 0 saturated heterocycles. The molecule has 146 valence electrons. The summed E-state index contributed by atoms with van der Waals surface area (Å²) in [6.07, 6.45) is 3.65. The molecule has 1 fully saturated rings. The molecule has 0 bridgehead atoms. The maximum absolute atomic E-state index is 14.4. The molecule has 1 aliphatic rings. The first kappa shape index (κ1) is 19.0. The van der Waals surface area contributed by atoms with Gasteiger partial charge in [0.25, 0.3) is 0 Å². The molecule has 28 heavy (non-hydrogen) atoms. The Morgan fingerprint density at radius 1 is 0.679 bits per heavy atom. The van der Waals surface area contributed by atoms with Crippen LogP contribution in [-0.2, 0) is 6.42 Å². The molecular weight excluding hydrogens is 364 g/mol. The van der Waals surface area contributed by atoms with E-state index in [0.717, 1.165) is 18.4 Å². The van der Waals surface area contributed by atoms with Gasteiger partial charge in [-0.2, -0.15) is 0 Å². The lowest BCUT2D eigenvalue weighted by Gasteiger charge is -2.30. The summed E-state index contributed by atoms with van der Waals surface area (Å²) in [5.74, 6) is -2.44. The quantitative estimate of drug-likeness (QED) is 0.411. The van der Waals surface area contributed by atoms with E-state index in [0.29, 0.717) is 35.6 Å². The van der Waals surface area contributed by atoms with Crippen LogP contribution in [0.25, 0.3) is 10.8 Å². The van der Waals surface area contributed by atoms with E-state index in [1.165, 1.54) is 24.3 Å². The van der Waals surface area contributed by atoms with Crippen molar-refractivity contribution in [1.82, 2.24) is 0 Å². The predicted octanol–water partition coefficient (Wildman–Crippen LogP) is 7.40. The van der Waals surface area contributed by atoms with E-state index < -0.39 is 23.3 Å². The molecule has 0 nitrogen and oxygen atoms in total. The molecule has 0 heterocycles. The van der Waals surface area contributed by atoms with Crippen LogP contribution in [-0.4, -0.2) is 0 Å². The molecule has 0 amide bonds. The molecule has 0 radical (unpaired) electrons. The number of aryl methyl sites for hydroxylation is 1. The van der Waals surface area contributed by atoms with Crippen molar-refractivity contribution >= 4 is 10.8 Å². The first-order valence-corrected chi connectivity index (χ1v) is 9.82. The Hall–Kier alpha value is -2.36. The number of benzene rings is 3. The highest BCUT2D eigenvalue weighted by Crippen LogP contribution is 2.42. The van der Waals surface area contributed by atoms with Gasteiger partial charge in [0.1, 0.15) is 11.6 Å². The van der Waals surface area contributed by atoms with Crippen molar-refractivity contribution < 1.29 is 17.6 Å². The van der Waals surface area contributed by atoms with Crippen molar-refractivity contribution in [2.24, 2.45) is 0 Å². The van der Waals surface area contributed by atoms with Gasteiger partial charge < -0.3 is 0 Å². The van der Waals surface area contributed by atoms with Crippen molar-refractivity contribution in [3.05, 3.63) is 82.4 Å². The van der Waals surface area contributed by atoms with Gasteiger partial charge in [0.05, 0.1) is 0 Å². The summed E-state index contributed by atoms with van der Waals surface area (Å²) in [6, 6.07) is 11.0. The van der Waals surface area contributed by atoms with Gasteiger partial charge in [0.15, 0.2) is 11.6 Å².